The summed E-state index contributed by atoms with van der Waals surface area (Å²) in [7, 11) is 0. The Bertz CT molecular complexity index is 1260. The molecule has 1 heterocycles. The highest BCUT2D eigenvalue weighted by atomic mass is 35.5. The first-order valence-electron chi connectivity index (χ1n) is 10.4. The molecule has 4 rings (SSSR count). The van der Waals surface area contributed by atoms with Crippen LogP contribution in [0.4, 0.5) is 27.6 Å². The number of nitrogens with zero attached hydrogens (tertiary/aromatic N) is 1. The number of para-hydroxylation sites is 1. The van der Waals surface area contributed by atoms with Crippen LogP contribution < -0.4 is 10.1 Å². The fraction of sp³-hybridized carbons (Fsp3) is 0.304. The van der Waals surface area contributed by atoms with Crippen LogP contribution in [0.15, 0.2) is 30.3 Å². The van der Waals surface area contributed by atoms with Crippen LogP contribution in [0.25, 0.3) is 10.6 Å². The molecule has 0 bridgehead atoms. The topological polar surface area (TPSA) is 71.5 Å². The Balaban J connectivity index is 1.77. The van der Waals surface area contributed by atoms with E-state index in [1.54, 1.807) is 0 Å². The molecule has 0 aliphatic heterocycles. The molecule has 2 aromatic carbocycles. The summed E-state index contributed by atoms with van der Waals surface area (Å²) in [6, 6.07) is 5.27. The third kappa shape index (κ3) is 5.41. The number of ether oxygens (including phenoxy) is 1. The molecular weight excluding hydrogens is 515 g/mol. The Morgan fingerprint density at radius 3 is 2.60 bits per heavy atom. The Morgan fingerprint density at radius 2 is 2.00 bits per heavy atom. The number of aliphatic hydroxyl groups is 1. The van der Waals surface area contributed by atoms with Gasteiger partial charge in [0.15, 0.2) is 6.10 Å². The summed E-state index contributed by atoms with van der Waals surface area (Å²) in [5.74, 6) is -3.35. The molecule has 2 N–H and O–H groups in total. The standard InChI is InChI=1S/C23H18ClF5N2O3S/c1-10(23(27,28)29)34-18-8-12(22-30-17(9-32)20(35-22)11-5-6-11)16(26)7-13(18)21(33)31-19-14(24)3-2-4-15(19)25/h2-4,7-8,10-11,32H,5-6,9H2,1H3,(H,31,33)/t10-/m0/s1. The van der Waals surface area contributed by atoms with E-state index in [1.807, 2.05) is 0 Å². The van der Waals surface area contributed by atoms with Gasteiger partial charge in [0.25, 0.3) is 5.91 Å². The van der Waals surface area contributed by atoms with Crippen molar-refractivity contribution in [2.75, 3.05) is 5.32 Å². The summed E-state index contributed by atoms with van der Waals surface area (Å²) in [4.78, 5) is 17.9. The van der Waals surface area contributed by atoms with Gasteiger partial charge >= 0.3 is 6.18 Å². The Morgan fingerprint density at radius 1 is 1.29 bits per heavy atom. The average Bonchev–Trinajstić information content (AvgIpc) is 3.55. The largest absolute Gasteiger partial charge is 0.480 e. The highest BCUT2D eigenvalue weighted by molar-refractivity contribution is 7.15. The summed E-state index contributed by atoms with van der Waals surface area (Å²) in [6.07, 6.45) is -5.32. The number of halogens is 6. The van der Waals surface area contributed by atoms with Gasteiger partial charge < -0.3 is 15.2 Å². The van der Waals surface area contributed by atoms with Gasteiger partial charge in [-0.1, -0.05) is 17.7 Å². The number of thiazole rings is 1. The zero-order valence-corrected chi connectivity index (χ0v) is 19.6. The Kier molecular flexibility index (Phi) is 7.03. The van der Waals surface area contributed by atoms with E-state index in [1.165, 1.54) is 12.1 Å². The first kappa shape index (κ1) is 25.3. The highest BCUT2D eigenvalue weighted by Gasteiger charge is 2.39. The van der Waals surface area contributed by atoms with Gasteiger partial charge in [-0.05, 0) is 49.9 Å². The molecule has 5 nitrogen and oxygen atoms in total. The molecule has 1 atom stereocenters. The smallest absolute Gasteiger partial charge is 0.425 e. The lowest BCUT2D eigenvalue weighted by Gasteiger charge is -2.20. The van der Waals surface area contributed by atoms with Crippen molar-refractivity contribution in [1.82, 2.24) is 4.98 Å². The van der Waals surface area contributed by atoms with Crippen molar-refractivity contribution in [1.29, 1.82) is 0 Å². The van der Waals surface area contributed by atoms with Gasteiger partial charge in [0.1, 0.15) is 22.4 Å². The van der Waals surface area contributed by atoms with Crippen molar-refractivity contribution in [2.45, 2.75) is 44.6 Å². The van der Waals surface area contributed by atoms with E-state index in [-0.39, 0.29) is 28.1 Å². The van der Waals surface area contributed by atoms with Gasteiger partial charge in [0.2, 0.25) is 0 Å². The molecule has 1 fully saturated rings. The number of aromatic nitrogens is 1. The number of hydrogen-bond donors (Lipinski definition) is 2. The number of aliphatic hydroxyl groups excluding tert-OH is 1. The number of benzene rings is 2. The zero-order chi connectivity index (χ0) is 25.5. The van der Waals surface area contributed by atoms with Crippen molar-refractivity contribution >= 4 is 34.5 Å². The van der Waals surface area contributed by atoms with E-state index in [9.17, 15) is 27.5 Å². The normalized spacial score (nSPS) is 14.6. The molecule has 1 saturated carbocycles. The summed E-state index contributed by atoms with van der Waals surface area (Å²) >= 11 is 7.03. The van der Waals surface area contributed by atoms with Crippen LogP contribution in [0.3, 0.4) is 0 Å². The number of rotatable bonds is 7. The van der Waals surface area contributed by atoms with Crippen molar-refractivity contribution in [3.63, 3.8) is 0 Å². The molecule has 35 heavy (non-hydrogen) atoms. The maximum atomic E-state index is 15.2. The Hall–Kier alpha value is -2.76. The summed E-state index contributed by atoms with van der Waals surface area (Å²) in [5, 5.41) is 11.7. The molecule has 1 aliphatic carbocycles. The van der Waals surface area contributed by atoms with Crippen molar-refractivity contribution in [2.24, 2.45) is 0 Å². The maximum absolute atomic E-state index is 15.2. The third-order valence-corrected chi connectivity index (χ3v) is 6.94. The minimum atomic E-state index is -4.78. The van der Waals surface area contributed by atoms with Crippen molar-refractivity contribution < 1.29 is 36.6 Å². The SMILES string of the molecule is C[C@H](Oc1cc(-c2nc(CO)c(C3CC3)s2)c(F)cc1C(=O)Nc1c(F)cccc1Cl)C(F)(F)F. The molecule has 186 valence electrons. The van der Waals surface area contributed by atoms with Crippen LogP contribution in [0.2, 0.25) is 5.02 Å². The number of hydrogen-bond acceptors (Lipinski definition) is 5. The molecule has 3 aromatic rings. The maximum Gasteiger partial charge on any atom is 0.425 e. The van der Waals surface area contributed by atoms with Crippen LogP contribution in [0, 0.1) is 11.6 Å². The van der Waals surface area contributed by atoms with Gasteiger partial charge in [-0.2, -0.15) is 13.2 Å². The van der Waals surface area contributed by atoms with Crippen LogP contribution >= 0.6 is 22.9 Å². The predicted molar refractivity (Wildman–Crippen MR) is 121 cm³/mol. The van der Waals surface area contributed by atoms with E-state index in [0.29, 0.717) is 11.8 Å². The van der Waals surface area contributed by atoms with Crippen LogP contribution in [0.5, 0.6) is 5.75 Å². The fourth-order valence-electron chi connectivity index (χ4n) is 3.30. The lowest BCUT2D eigenvalue weighted by atomic mass is 10.1. The molecule has 12 heteroatoms. The van der Waals surface area contributed by atoms with Crippen molar-refractivity contribution in [3.8, 4) is 16.3 Å². The number of carbonyl (C=O) groups excluding carboxylic acids is 1. The van der Waals surface area contributed by atoms with Gasteiger partial charge in [-0.25, -0.2) is 13.8 Å². The van der Waals surface area contributed by atoms with Gasteiger partial charge in [0, 0.05) is 10.4 Å². The average molecular weight is 533 g/mol. The van der Waals surface area contributed by atoms with Gasteiger partial charge in [-0.15, -0.1) is 11.3 Å². The van der Waals surface area contributed by atoms with E-state index in [2.05, 4.69) is 10.3 Å². The summed E-state index contributed by atoms with van der Waals surface area (Å²) < 4.78 is 73.9. The van der Waals surface area contributed by atoms with Crippen LogP contribution in [-0.2, 0) is 6.61 Å². The molecule has 1 aromatic heterocycles. The van der Waals surface area contributed by atoms with Gasteiger partial charge in [-0.3, -0.25) is 4.79 Å². The lowest BCUT2D eigenvalue weighted by Crippen LogP contribution is -2.32. The summed E-state index contributed by atoms with van der Waals surface area (Å²) in [6.45, 7) is 0.360. The van der Waals surface area contributed by atoms with Crippen LogP contribution in [-0.4, -0.2) is 28.3 Å². The Labute approximate surface area is 205 Å². The first-order chi connectivity index (χ1) is 16.5. The number of carbonyl (C=O) groups is 1. The van der Waals surface area contributed by atoms with E-state index < -0.39 is 46.8 Å². The van der Waals surface area contributed by atoms with Crippen molar-refractivity contribution in [3.05, 3.63) is 63.1 Å². The molecule has 1 amide bonds. The van der Waals surface area contributed by atoms with Gasteiger partial charge in [0.05, 0.1) is 28.6 Å². The highest BCUT2D eigenvalue weighted by Crippen LogP contribution is 2.47. The van der Waals surface area contributed by atoms with E-state index in [4.69, 9.17) is 16.3 Å². The predicted octanol–water partition coefficient (Wildman–Crippen LogP) is 6.69. The van der Waals surface area contributed by atoms with E-state index >= 15 is 4.39 Å². The number of alkyl halides is 3. The molecule has 1 aliphatic rings. The summed E-state index contributed by atoms with van der Waals surface area (Å²) in [5.41, 5.74) is -0.835. The minimum Gasteiger partial charge on any atom is -0.480 e. The fourth-order valence-corrected chi connectivity index (χ4v) is 4.78. The molecule has 0 saturated heterocycles. The van der Waals surface area contributed by atoms with Crippen LogP contribution in [0.1, 0.15) is 46.6 Å². The minimum absolute atomic E-state index is 0.127. The molecule has 0 radical (unpaired) electrons. The number of nitrogens with one attached hydrogen (secondary N) is 1. The monoisotopic (exact) mass is 532 g/mol. The second-order valence-electron chi connectivity index (χ2n) is 7.94. The second-order valence-corrected chi connectivity index (χ2v) is 9.38. The number of anilines is 1. The quantitative estimate of drug-likeness (QED) is 0.332. The first-order valence-corrected chi connectivity index (χ1v) is 11.6. The third-order valence-electron chi connectivity index (χ3n) is 5.34. The zero-order valence-electron chi connectivity index (χ0n) is 18.0. The second kappa shape index (κ2) is 9.71. The molecule has 0 spiro atoms. The lowest BCUT2D eigenvalue weighted by molar-refractivity contribution is -0.189. The molecule has 0 unspecified atom stereocenters. The van der Waals surface area contributed by atoms with E-state index in [0.717, 1.165) is 48.1 Å². The molecular formula is C23H18ClF5N2O3S. The number of amides is 1.